The van der Waals surface area contributed by atoms with Crippen LogP contribution in [0, 0.1) is 0 Å². The van der Waals surface area contributed by atoms with Crippen LogP contribution in [0.15, 0.2) is 58.3 Å². The van der Waals surface area contributed by atoms with Crippen molar-refractivity contribution in [3.8, 4) is 0 Å². The third-order valence-corrected chi connectivity index (χ3v) is 7.92. The summed E-state index contributed by atoms with van der Waals surface area (Å²) in [7, 11) is -1.70. The van der Waals surface area contributed by atoms with E-state index in [9.17, 15) is 0 Å². The van der Waals surface area contributed by atoms with Gasteiger partial charge in [-0.1, -0.05) is 49.5 Å². The lowest BCUT2D eigenvalue weighted by atomic mass is 10.3. The Labute approximate surface area is 115 Å². The molecule has 2 aromatic carbocycles. The first-order chi connectivity index (χ1) is 8.03. The minimum absolute atomic E-state index is 1.08. The highest BCUT2D eigenvalue weighted by atomic mass is 32.1. The number of hydrogen-bond donors (Lipinski definition) is 2. The first kappa shape index (κ1) is 12.8. The monoisotopic (exact) mass is 276 g/mol. The summed E-state index contributed by atoms with van der Waals surface area (Å²) in [6.45, 7) is 4.69. The second-order valence-corrected chi connectivity index (χ2v) is 9.95. The Balaban J connectivity index is 2.58. The Morgan fingerprint density at radius 1 is 0.706 bits per heavy atom. The average molecular weight is 277 g/mol. The normalized spacial score (nSPS) is 11.5. The Morgan fingerprint density at radius 2 is 1.06 bits per heavy atom. The summed E-state index contributed by atoms with van der Waals surface area (Å²) < 4.78 is 0. The summed E-state index contributed by atoms with van der Waals surface area (Å²) in [5, 5.41) is 2.73. The van der Waals surface area contributed by atoms with Crippen LogP contribution in [0.25, 0.3) is 0 Å². The second-order valence-electron chi connectivity index (χ2n) is 4.66. The van der Waals surface area contributed by atoms with Crippen molar-refractivity contribution in [2.45, 2.75) is 22.9 Å². The Hall–Kier alpha value is -0.643. The molecule has 0 fully saturated rings. The van der Waals surface area contributed by atoms with Gasteiger partial charge in [-0.3, -0.25) is 0 Å². The largest absolute Gasteiger partial charge is 0.144 e. The van der Waals surface area contributed by atoms with Gasteiger partial charge in [-0.25, -0.2) is 0 Å². The predicted molar refractivity (Wildman–Crippen MR) is 84.1 cm³/mol. The maximum atomic E-state index is 4.59. The summed E-state index contributed by atoms with van der Waals surface area (Å²) in [5.74, 6) is 0. The van der Waals surface area contributed by atoms with E-state index in [2.05, 4.69) is 74.7 Å². The molecule has 0 radical (unpaired) electrons. The van der Waals surface area contributed by atoms with Crippen molar-refractivity contribution in [2.24, 2.45) is 0 Å². The standard InChI is InChI=1S/C14H16S2Si/c1-17(2,13-9-5-3-7-11(13)15)14-10-6-4-8-12(14)16/h3-10,15-16H,1-2H3. The Kier molecular flexibility index (Phi) is 3.71. The highest BCUT2D eigenvalue weighted by molar-refractivity contribution is 7.81. The zero-order valence-corrected chi connectivity index (χ0v) is 12.8. The van der Waals surface area contributed by atoms with Gasteiger partial charge in [-0.2, -0.15) is 0 Å². The second kappa shape index (κ2) is 4.92. The lowest BCUT2D eigenvalue weighted by Gasteiger charge is -2.26. The summed E-state index contributed by atoms with van der Waals surface area (Å²) in [5.41, 5.74) is 0. The molecule has 0 saturated heterocycles. The van der Waals surface area contributed by atoms with E-state index in [-0.39, 0.29) is 0 Å². The summed E-state index contributed by atoms with van der Waals surface area (Å²) in [4.78, 5) is 2.17. The molecule has 2 rings (SSSR count). The molecule has 2 aromatic rings. The van der Waals surface area contributed by atoms with Crippen LogP contribution in [0.4, 0.5) is 0 Å². The highest BCUT2D eigenvalue weighted by Gasteiger charge is 2.28. The Morgan fingerprint density at radius 3 is 1.41 bits per heavy atom. The van der Waals surface area contributed by atoms with E-state index < -0.39 is 8.07 Å². The summed E-state index contributed by atoms with van der Waals surface area (Å²) >= 11 is 9.17. The van der Waals surface area contributed by atoms with Crippen molar-refractivity contribution in [1.29, 1.82) is 0 Å². The van der Waals surface area contributed by atoms with Gasteiger partial charge < -0.3 is 0 Å². The number of hydrogen-bond acceptors (Lipinski definition) is 2. The minimum Gasteiger partial charge on any atom is -0.144 e. The fourth-order valence-electron chi connectivity index (χ4n) is 2.15. The number of thiol groups is 2. The molecular formula is C14H16S2Si. The molecule has 0 unspecified atom stereocenters. The SMILES string of the molecule is C[Si](C)(c1ccccc1S)c1ccccc1S. The van der Waals surface area contributed by atoms with Gasteiger partial charge in [0.1, 0.15) is 8.07 Å². The molecule has 3 heteroatoms. The maximum Gasteiger partial charge on any atom is 0.115 e. The van der Waals surface area contributed by atoms with Gasteiger partial charge in [0.15, 0.2) is 0 Å². The minimum atomic E-state index is -1.70. The zero-order valence-electron chi connectivity index (χ0n) is 10.0. The van der Waals surface area contributed by atoms with Gasteiger partial charge in [0.05, 0.1) is 0 Å². The third kappa shape index (κ3) is 2.46. The van der Waals surface area contributed by atoms with Crippen molar-refractivity contribution in [3.63, 3.8) is 0 Å². The van der Waals surface area contributed by atoms with Crippen molar-refractivity contribution in [2.75, 3.05) is 0 Å². The fraction of sp³-hybridized carbons (Fsp3) is 0.143. The van der Waals surface area contributed by atoms with E-state index in [4.69, 9.17) is 0 Å². The van der Waals surface area contributed by atoms with Gasteiger partial charge in [0, 0.05) is 9.79 Å². The van der Waals surface area contributed by atoms with Gasteiger partial charge in [-0.15, -0.1) is 25.3 Å². The van der Waals surface area contributed by atoms with E-state index in [1.165, 1.54) is 10.4 Å². The highest BCUT2D eigenvalue weighted by Crippen LogP contribution is 2.14. The van der Waals surface area contributed by atoms with Crippen LogP contribution in [-0.4, -0.2) is 8.07 Å². The molecular weight excluding hydrogens is 260 g/mol. The lowest BCUT2D eigenvalue weighted by molar-refractivity contribution is 1.47. The molecule has 0 aliphatic heterocycles. The Bertz CT molecular complexity index is 488. The maximum absolute atomic E-state index is 4.59. The topological polar surface area (TPSA) is 0 Å². The smallest absolute Gasteiger partial charge is 0.115 e. The van der Waals surface area contributed by atoms with Crippen LogP contribution >= 0.6 is 25.3 Å². The molecule has 0 aliphatic carbocycles. The zero-order chi connectivity index (χ0) is 12.5. The third-order valence-electron chi connectivity index (χ3n) is 3.15. The van der Waals surface area contributed by atoms with Crippen molar-refractivity contribution in [3.05, 3.63) is 48.5 Å². The van der Waals surface area contributed by atoms with Gasteiger partial charge in [-0.05, 0) is 22.5 Å². The van der Waals surface area contributed by atoms with Crippen LogP contribution in [-0.2, 0) is 0 Å². The van der Waals surface area contributed by atoms with E-state index in [0.29, 0.717) is 0 Å². The van der Waals surface area contributed by atoms with Crippen molar-refractivity contribution < 1.29 is 0 Å². The van der Waals surface area contributed by atoms with Crippen LogP contribution in [0.5, 0.6) is 0 Å². The molecule has 0 nitrogen and oxygen atoms in total. The predicted octanol–water partition coefficient (Wildman–Crippen LogP) is 3.09. The van der Waals surface area contributed by atoms with Gasteiger partial charge in [0.25, 0.3) is 0 Å². The summed E-state index contributed by atoms with van der Waals surface area (Å²) in [6, 6.07) is 16.7. The number of rotatable bonds is 2. The molecule has 0 N–H and O–H groups in total. The molecule has 0 atom stereocenters. The molecule has 0 aromatic heterocycles. The van der Waals surface area contributed by atoms with Crippen molar-refractivity contribution >= 4 is 43.7 Å². The first-order valence-corrected chi connectivity index (χ1v) is 9.50. The van der Waals surface area contributed by atoms with Crippen LogP contribution < -0.4 is 10.4 Å². The molecule has 0 heterocycles. The fourth-order valence-corrected chi connectivity index (χ4v) is 6.91. The summed E-state index contributed by atoms with van der Waals surface area (Å²) in [6.07, 6.45) is 0. The molecule has 88 valence electrons. The van der Waals surface area contributed by atoms with Crippen LogP contribution in [0.2, 0.25) is 13.1 Å². The molecule has 0 aliphatic rings. The van der Waals surface area contributed by atoms with Gasteiger partial charge in [0.2, 0.25) is 0 Å². The van der Waals surface area contributed by atoms with E-state index in [1.54, 1.807) is 0 Å². The van der Waals surface area contributed by atoms with Crippen LogP contribution in [0.1, 0.15) is 0 Å². The van der Waals surface area contributed by atoms with Crippen molar-refractivity contribution in [1.82, 2.24) is 0 Å². The number of benzene rings is 2. The molecule has 17 heavy (non-hydrogen) atoms. The van der Waals surface area contributed by atoms with E-state index in [1.807, 2.05) is 12.1 Å². The molecule has 0 bridgehead atoms. The first-order valence-electron chi connectivity index (χ1n) is 5.60. The van der Waals surface area contributed by atoms with E-state index in [0.717, 1.165) is 9.79 Å². The average Bonchev–Trinajstić information content (AvgIpc) is 2.29. The van der Waals surface area contributed by atoms with Gasteiger partial charge >= 0.3 is 0 Å². The quantitative estimate of drug-likeness (QED) is 0.611. The molecule has 0 saturated carbocycles. The molecule has 0 amide bonds. The van der Waals surface area contributed by atoms with Crippen LogP contribution in [0.3, 0.4) is 0 Å². The lowest BCUT2D eigenvalue weighted by Crippen LogP contribution is -2.54. The van der Waals surface area contributed by atoms with E-state index >= 15 is 0 Å². The molecule has 0 spiro atoms.